The van der Waals surface area contributed by atoms with Crippen LogP contribution in [0.5, 0.6) is 5.75 Å². The first-order valence-electron chi connectivity index (χ1n) is 12.3. The van der Waals surface area contributed by atoms with Gasteiger partial charge in [-0.15, -0.1) is 0 Å². The van der Waals surface area contributed by atoms with Gasteiger partial charge in [-0.25, -0.2) is 8.42 Å². The maximum Gasteiger partial charge on any atom is 0.271 e. The molecule has 0 saturated heterocycles. The lowest BCUT2D eigenvalue weighted by molar-refractivity contribution is -0.384. The lowest BCUT2D eigenvalue weighted by atomic mass is 10.0. The normalized spacial score (nSPS) is 11.8. The molecule has 0 aliphatic heterocycles. The third-order valence-electron chi connectivity index (χ3n) is 6.36. The molecule has 0 fully saturated rings. The largest absolute Gasteiger partial charge is 0.497 e. The summed E-state index contributed by atoms with van der Waals surface area (Å²) in [5, 5.41) is 14.0. The molecule has 0 radical (unpaired) electrons. The van der Waals surface area contributed by atoms with Crippen LogP contribution in [0.4, 0.5) is 11.4 Å². The van der Waals surface area contributed by atoms with Crippen LogP contribution in [0.25, 0.3) is 0 Å². The van der Waals surface area contributed by atoms with Gasteiger partial charge >= 0.3 is 0 Å². The van der Waals surface area contributed by atoms with E-state index in [4.69, 9.17) is 4.74 Å². The number of carbonyl (C=O) groups is 2. The second kappa shape index (κ2) is 13.1. The fourth-order valence-corrected chi connectivity index (χ4v) is 5.16. The Labute approximate surface area is 233 Å². The van der Waals surface area contributed by atoms with Gasteiger partial charge in [0.25, 0.3) is 5.69 Å². The van der Waals surface area contributed by atoms with Gasteiger partial charge in [-0.05, 0) is 35.7 Å². The van der Waals surface area contributed by atoms with E-state index in [-0.39, 0.29) is 24.3 Å². The van der Waals surface area contributed by atoms with E-state index in [0.29, 0.717) is 16.9 Å². The summed E-state index contributed by atoms with van der Waals surface area (Å²) in [6.07, 6.45) is 1.09. The molecule has 0 saturated carbocycles. The number of nitro benzene ring substituents is 1. The van der Waals surface area contributed by atoms with E-state index >= 15 is 0 Å². The monoisotopic (exact) mass is 568 g/mol. The number of sulfonamides is 1. The van der Waals surface area contributed by atoms with E-state index in [0.717, 1.165) is 22.2 Å². The second-order valence-corrected chi connectivity index (χ2v) is 11.1. The number of nitro groups is 1. The first-order chi connectivity index (χ1) is 18.9. The van der Waals surface area contributed by atoms with E-state index in [2.05, 4.69) is 5.32 Å². The van der Waals surface area contributed by atoms with Crippen molar-refractivity contribution in [3.05, 3.63) is 99.6 Å². The quantitative estimate of drug-likeness (QED) is 0.262. The zero-order valence-corrected chi connectivity index (χ0v) is 23.6. The van der Waals surface area contributed by atoms with Gasteiger partial charge in [0.1, 0.15) is 18.3 Å². The summed E-state index contributed by atoms with van der Waals surface area (Å²) in [5.41, 5.74) is 1.57. The Morgan fingerprint density at radius 2 is 1.70 bits per heavy atom. The molecule has 1 unspecified atom stereocenters. The average Bonchev–Trinajstić information content (AvgIpc) is 2.93. The van der Waals surface area contributed by atoms with Crippen molar-refractivity contribution in [1.82, 2.24) is 10.2 Å². The van der Waals surface area contributed by atoms with Crippen LogP contribution in [0.2, 0.25) is 0 Å². The maximum absolute atomic E-state index is 14.0. The SMILES string of the molecule is CNC(=O)C(Cc1ccccc1)N(Cc1cccc(OC)c1)C(=O)CN(c1cc([N+](=O)[O-])ccc1C)S(C)(=O)=O. The molecule has 1 atom stereocenters. The van der Waals surface area contributed by atoms with Gasteiger partial charge in [-0.3, -0.25) is 24.0 Å². The minimum absolute atomic E-state index is 0.00549. The molecule has 1 N–H and O–H groups in total. The zero-order chi connectivity index (χ0) is 29.4. The van der Waals surface area contributed by atoms with Crippen LogP contribution in [0.15, 0.2) is 72.8 Å². The number of non-ortho nitro benzene ring substituents is 1. The summed E-state index contributed by atoms with van der Waals surface area (Å²) in [7, 11) is -1.09. The summed E-state index contributed by atoms with van der Waals surface area (Å²) in [4.78, 5) is 39.2. The minimum Gasteiger partial charge on any atom is -0.497 e. The van der Waals surface area contributed by atoms with Crippen LogP contribution in [0, 0.1) is 17.0 Å². The Bertz CT molecular complexity index is 1480. The fourth-order valence-electron chi connectivity index (χ4n) is 4.26. The number of anilines is 1. The van der Waals surface area contributed by atoms with Crippen LogP contribution >= 0.6 is 0 Å². The smallest absolute Gasteiger partial charge is 0.271 e. The lowest BCUT2D eigenvalue weighted by Gasteiger charge is -2.33. The van der Waals surface area contributed by atoms with Crippen molar-refractivity contribution < 1.29 is 27.7 Å². The highest BCUT2D eigenvalue weighted by Crippen LogP contribution is 2.28. The van der Waals surface area contributed by atoms with Gasteiger partial charge in [0, 0.05) is 32.1 Å². The summed E-state index contributed by atoms with van der Waals surface area (Å²) < 4.78 is 32.0. The molecule has 0 spiro atoms. The second-order valence-electron chi connectivity index (χ2n) is 9.19. The highest BCUT2D eigenvalue weighted by molar-refractivity contribution is 7.92. The Balaban J connectivity index is 2.09. The molecular formula is C28H32N4O7S. The molecule has 0 aromatic heterocycles. The van der Waals surface area contributed by atoms with Crippen molar-refractivity contribution in [2.24, 2.45) is 0 Å². The van der Waals surface area contributed by atoms with Crippen LogP contribution in [0.1, 0.15) is 16.7 Å². The number of methoxy groups -OCH3 is 1. The van der Waals surface area contributed by atoms with Gasteiger partial charge in [-0.2, -0.15) is 0 Å². The van der Waals surface area contributed by atoms with Gasteiger partial charge in [0.2, 0.25) is 21.8 Å². The highest BCUT2D eigenvalue weighted by Gasteiger charge is 2.33. The van der Waals surface area contributed by atoms with Gasteiger partial charge in [0.05, 0.1) is 24.0 Å². The summed E-state index contributed by atoms with van der Waals surface area (Å²) in [5.74, 6) is -0.546. The van der Waals surface area contributed by atoms with Crippen molar-refractivity contribution in [1.29, 1.82) is 0 Å². The van der Waals surface area contributed by atoms with Crippen LogP contribution in [-0.2, 0) is 32.6 Å². The fraction of sp³-hybridized carbons (Fsp3) is 0.286. The predicted molar refractivity (Wildman–Crippen MR) is 152 cm³/mol. The number of hydrogen-bond acceptors (Lipinski definition) is 7. The van der Waals surface area contributed by atoms with Crippen LogP contribution in [-0.4, -0.2) is 63.1 Å². The number of carbonyl (C=O) groups excluding carboxylic acids is 2. The number of aryl methyl sites for hydroxylation is 1. The molecule has 11 nitrogen and oxygen atoms in total. The van der Waals surface area contributed by atoms with Crippen LogP contribution in [0.3, 0.4) is 0 Å². The minimum atomic E-state index is -4.06. The third kappa shape index (κ3) is 7.56. The standard InChI is InChI=1S/C28H32N4O7S/c1-20-13-14-23(32(35)36)17-25(20)31(40(4,37)38)19-27(33)30(18-22-11-8-12-24(15-22)39-3)26(28(34)29-2)16-21-9-6-5-7-10-21/h5-15,17,26H,16,18-19H2,1-4H3,(H,29,34). The molecule has 212 valence electrons. The first-order valence-corrected chi connectivity index (χ1v) is 14.2. The number of likely N-dealkylation sites (N-methyl/N-ethyl adjacent to an activating group) is 1. The number of rotatable bonds is 12. The molecule has 2 amide bonds. The van der Waals surface area contributed by atoms with E-state index in [1.165, 1.54) is 31.2 Å². The van der Waals surface area contributed by atoms with E-state index in [9.17, 15) is 28.1 Å². The van der Waals surface area contributed by atoms with Crippen molar-refractivity contribution in [2.45, 2.75) is 25.9 Å². The number of amides is 2. The number of hydrogen-bond donors (Lipinski definition) is 1. The zero-order valence-electron chi connectivity index (χ0n) is 22.7. The molecule has 12 heteroatoms. The van der Waals surface area contributed by atoms with E-state index in [1.807, 2.05) is 30.3 Å². The number of ether oxygens (including phenoxy) is 1. The predicted octanol–water partition coefficient (Wildman–Crippen LogP) is 3.06. The molecule has 3 aromatic rings. The van der Waals surface area contributed by atoms with Gasteiger partial charge < -0.3 is 15.0 Å². The molecule has 0 aliphatic carbocycles. The van der Waals surface area contributed by atoms with E-state index < -0.39 is 39.3 Å². The van der Waals surface area contributed by atoms with Crippen molar-refractivity contribution >= 4 is 33.2 Å². The summed E-state index contributed by atoms with van der Waals surface area (Å²) in [6, 6.07) is 18.9. The van der Waals surface area contributed by atoms with Crippen molar-refractivity contribution in [3.8, 4) is 5.75 Å². The highest BCUT2D eigenvalue weighted by atomic mass is 32.2. The topological polar surface area (TPSA) is 139 Å². The molecule has 3 rings (SSSR count). The molecule has 0 heterocycles. The Kier molecular flexibility index (Phi) is 9.83. The van der Waals surface area contributed by atoms with Gasteiger partial charge in [0.15, 0.2) is 0 Å². The Morgan fingerprint density at radius 1 is 1.02 bits per heavy atom. The molecule has 40 heavy (non-hydrogen) atoms. The van der Waals surface area contributed by atoms with E-state index in [1.54, 1.807) is 31.2 Å². The Hall–Kier alpha value is -4.45. The molecule has 0 aliphatic rings. The van der Waals surface area contributed by atoms with Crippen molar-refractivity contribution in [3.63, 3.8) is 0 Å². The first kappa shape index (κ1) is 30.1. The number of nitrogens with zero attached hydrogens (tertiary/aromatic N) is 3. The number of benzene rings is 3. The average molecular weight is 569 g/mol. The summed E-state index contributed by atoms with van der Waals surface area (Å²) in [6.45, 7) is 0.901. The molecule has 3 aromatic carbocycles. The van der Waals surface area contributed by atoms with Crippen molar-refractivity contribution in [2.75, 3.05) is 31.3 Å². The third-order valence-corrected chi connectivity index (χ3v) is 7.48. The summed E-state index contributed by atoms with van der Waals surface area (Å²) >= 11 is 0. The lowest BCUT2D eigenvalue weighted by Crippen LogP contribution is -2.53. The number of nitrogens with one attached hydrogen (secondary N) is 1. The molecule has 0 bridgehead atoms. The van der Waals surface area contributed by atoms with Crippen LogP contribution < -0.4 is 14.4 Å². The Morgan fingerprint density at radius 3 is 2.30 bits per heavy atom. The van der Waals surface area contributed by atoms with Gasteiger partial charge in [-0.1, -0.05) is 48.5 Å². The maximum atomic E-state index is 14.0. The molecular weight excluding hydrogens is 536 g/mol.